The number of carbonyl (C=O) groups is 1. The Morgan fingerprint density at radius 1 is 0.931 bits per heavy atom. The Kier molecular flexibility index (Phi) is 5.70. The predicted octanol–water partition coefficient (Wildman–Crippen LogP) is 5.21. The molecule has 29 heavy (non-hydrogen) atoms. The smallest absolute Gasteiger partial charge is 0.257 e. The van der Waals surface area contributed by atoms with Gasteiger partial charge in [-0.15, -0.1) is 0 Å². The molecule has 2 heterocycles. The quantitative estimate of drug-likeness (QED) is 0.628. The first-order chi connectivity index (χ1) is 14.2. The Hall–Kier alpha value is -3.41. The van der Waals surface area contributed by atoms with Crippen LogP contribution in [-0.4, -0.2) is 24.0 Å². The van der Waals surface area contributed by atoms with Gasteiger partial charge >= 0.3 is 0 Å². The molecule has 1 fully saturated rings. The van der Waals surface area contributed by atoms with Crippen molar-refractivity contribution in [3.63, 3.8) is 0 Å². The molecule has 1 amide bonds. The normalized spacial score (nSPS) is 13.8. The van der Waals surface area contributed by atoms with Crippen molar-refractivity contribution in [1.82, 2.24) is 4.98 Å². The highest BCUT2D eigenvalue weighted by Gasteiger charge is 2.11. The molecule has 0 saturated carbocycles. The van der Waals surface area contributed by atoms with Crippen LogP contribution in [0.3, 0.4) is 0 Å². The van der Waals surface area contributed by atoms with Crippen molar-refractivity contribution >= 4 is 28.8 Å². The topological polar surface area (TPSA) is 57.3 Å². The van der Waals surface area contributed by atoms with Crippen molar-refractivity contribution in [2.45, 2.75) is 19.3 Å². The van der Waals surface area contributed by atoms with Crippen LogP contribution >= 0.6 is 0 Å². The third-order valence-corrected chi connectivity index (χ3v) is 4.97. The van der Waals surface area contributed by atoms with E-state index in [2.05, 4.69) is 32.7 Å². The van der Waals surface area contributed by atoms with E-state index < -0.39 is 5.82 Å². The molecule has 2 aromatic carbocycles. The number of hydrogen-bond donors (Lipinski definition) is 2. The summed E-state index contributed by atoms with van der Waals surface area (Å²) in [4.78, 5) is 19.0. The maximum atomic E-state index is 13.2. The molecule has 148 valence electrons. The van der Waals surface area contributed by atoms with Crippen LogP contribution in [0.5, 0.6) is 0 Å². The number of nitrogens with zero attached hydrogens (tertiary/aromatic N) is 2. The van der Waals surface area contributed by atoms with Crippen molar-refractivity contribution in [2.24, 2.45) is 0 Å². The lowest BCUT2D eigenvalue weighted by molar-refractivity contribution is 0.102. The molecular weight excluding hydrogens is 367 g/mol. The number of piperidine rings is 1. The Bertz CT molecular complexity index is 967. The van der Waals surface area contributed by atoms with Crippen molar-refractivity contribution < 1.29 is 9.18 Å². The van der Waals surface area contributed by atoms with Crippen LogP contribution in [0.4, 0.5) is 27.3 Å². The zero-order chi connectivity index (χ0) is 20.1. The fourth-order valence-corrected chi connectivity index (χ4v) is 3.43. The van der Waals surface area contributed by atoms with Gasteiger partial charge in [-0.1, -0.05) is 6.07 Å². The lowest BCUT2D eigenvalue weighted by Gasteiger charge is -2.28. The number of pyridine rings is 1. The van der Waals surface area contributed by atoms with Gasteiger partial charge in [-0.25, -0.2) is 9.37 Å². The highest BCUT2D eigenvalue weighted by atomic mass is 19.1. The minimum atomic E-state index is -0.397. The van der Waals surface area contributed by atoms with Crippen LogP contribution in [0, 0.1) is 5.82 Å². The Balaban J connectivity index is 1.37. The summed E-state index contributed by atoms with van der Waals surface area (Å²) in [5.74, 6) is -0.0784. The highest BCUT2D eigenvalue weighted by molar-refractivity contribution is 6.04. The minimum absolute atomic E-state index is 0.333. The third kappa shape index (κ3) is 4.90. The maximum Gasteiger partial charge on any atom is 0.257 e. The summed E-state index contributed by atoms with van der Waals surface area (Å²) in [5.41, 5.74) is 2.99. The molecule has 0 spiro atoms. The van der Waals surface area contributed by atoms with Crippen molar-refractivity contribution in [3.8, 4) is 0 Å². The molecule has 5 nitrogen and oxygen atoms in total. The van der Waals surface area contributed by atoms with Crippen LogP contribution in [0.25, 0.3) is 0 Å². The number of rotatable bonds is 5. The molecule has 0 atom stereocenters. The van der Waals surface area contributed by atoms with Gasteiger partial charge in [0, 0.05) is 36.3 Å². The van der Waals surface area contributed by atoms with Crippen LogP contribution in [0.15, 0.2) is 66.9 Å². The average Bonchev–Trinajstić information content (AvgIpc) is 2.75. The zero-order valence-corrected chi connectivity index (χ0v) is 16.1. The van der Waals surface area contributed by atoms with Crippen LogP contribution in [0.1, 0.15) is 29.6 Å². The molecule has 0 bridgehead atoms. The Labute approximate surface area is 169 Å². The standard InChI is InChI=1S/C23H23FN4O/c24-18-5-4-6-20(15-18)27-23(29)17-7-12-22(25-16-17)26-19-8-10-21(11-9-19)28-13-2-1-3-14-28/h4-12,15-16H,1-3,13-14H2,(H,25,26)(H,27,29). The number of aromatic nitrogens is 1. The summed E-state index contributed by atoms with van der Waals surface area (Å²) in [5, 5.41) is 5.91. The van der Waals surface area contributed by atoms with Crippen molar-refractivity contribution in [1.29, 1.82) is 0 Å². The summed E-state index contributed by atoms with van der Waals surface area (Å²) in [6.45, 7) is 2.24. The first kappa shape index (κ1) is 18.9. The second-order valence-electron chi connectivity index (χ2n) is 7.12. The highest BCUT2D eigenvalue weighted by Crippen LogP contribution is 2.23. The second kappa shape index (κ2) is 8.73. The number of amides is 1. The summed E-state index contributed by atoms with van der Waals surface area (Å²) < 4.78 is 13.2. The summed E-state index contributed by atoms with van der Waals surface area (Å²) >= 11 is 0. The van der Waals surface area contributed by atoms with Crippen molar-refractivity contribution in [3.05, 3.63) is 78.2 Å². The van der Waals surface area contributed by atoms with E-state index in [1.807, 2.05) is 12.1 Å². The molecule has 0 radical (unpaired) electrons. The first-order valence-electron chi connectivity index (χ1n) is 9.82. The first-order valence-corrected chi connectivity index (χ1v) is 9.82. The van der Waals surface area contributed by atoms with Gasteiger partial charge in [-0.05, 0) is 73.9 Å². The van der Waals surface area contributed by atoms with Gasteiger partial charge in [-0.3, -0.25) is 4.79 Å². The molecule has 1 saturated heterocycles. The van der Waals surface area contributed by atoms with E-state index >= 15 is 0 Å². The van der Waals surface area contributed by atoms with E-state index in [0.717, 1.165) is 18.8 Å². The van der Waals surface area contributed by atoms with Gasteiger partial charge in [0.25, 0.3) is 5.91 Å². The molecule has 6 heteroatoms. The summed E-state index contributed by atoms with van der Waals surface area (Å²) in [6, 6.07) is 17.5. The summed E-state index contributed by atoms with van der Waals surface area (Å²) in [7, 11) is 0. The van der Waals surface area contributed by atoms with Gasteiger partial charge in [0.05, 0.1) is 5.56 Å². The van der Waals surface area contributed by atoms with Gasteiger partial charge in [0.15, 0.2) is 0 Å². The van der Waals surface area contributed by atoms with E-state index in [4.69, 9.17) is 0 Å². The van der Waals surface area contributed by atoms with Gasteiger partial charge in [0.2, 0.25) is 0 Å². The van der Waals surface area contributed by atoms with Crippen molar-refractivity contribution in [2.75, 3.05) is 28.6 Å². The van der Waals surface area contributed by atoms with E-state index in [9.17, 15) is 9.18 Å². The van der Waals surface area contributed by atoms with E-state index in [0.29, 0.717) is 17.1 Å². The third-order valence-electron chi connectivity index (χ3n) is 4.97. The van der Waals surface area contributed by atoms with E-state index in [-0.39, 0.29) is 5.91 Å². The molecular formula is C23H23FN4O. The largest absolute Gasteiger partial charge is 0.372 e. The van der Waals surface area contributed by atoms with Crippen LogP contribution < -0.4 is 15.5 Å². The number of halogens is 1. The Morgan fingerprint density at radius 2 is 1.72 bits per heavy atom. The fraction of sp³-hybridized carbons (Fsp3) is 0.217. The predicted molar refractivity (Wildman–Crippen MR) is 114 cm³/mol. The number of anilines is 4. The molecule has 4 rings (SSSR count). The molecule has 1 aromatic heterocycles. The lowest BCUT2D eigenvalue weighted by Crippen LogP contribution is -2.29. The molecule has 1 aliphatic rings. The zero-order valence-electron chi connectivity index (χ0n) is 16.1. The SMILES string of the molecule is O=C(Nc1cccc(F)c1)c1ccc(Nc2ccc(N3CCCCC3)cc2)nc1. The fourth-order valence-electron chi connectivity index (χ4n) is 3.43. The molecule has 0 unspecified atom stereocenters. The summed E-state index contributed by atoms with van der Waals surface area (Å²) in [6.07, 6.45) is 5.32. The molecule has 2 N–H and O–H groups in total. The van der Waals surface area contributed by atoms with Crippen LogP contribution in [0.2, 0.25) is 0 Å². The number of nitrogens with one attached hydrogen (secondary N) is 2. The van der Waals surface area contributed by atoms with E-state index in [1.165, 1.54) is 43.3 Å². The average molecular weight is 390 g/mol. The number of hydrogen-bond acceptors (Lipinski definition) is 4. The second-order valence-corrected chi connectivity index (χ2v) is 7.12. The van der Waals surface area contributed by atoms with Gasteiger partial charge in [-0.2, -0.15) is 0 Å². The van der Waals surface area contributed by atoms with Gasteiger partial charge in [0.1, 0.15) is 11.6 Å². The lowest BCUT2D eigenvalue weighted by atomic mass is 10.1. The molecule has 1 aliphatic heterocycles. The Morgan fingerprint density at radius 3 is 2.41 bits per heavy atom. The van der Waals surface area contributed by atoms with E-state index in [1.54, 1.807) is 24.3 Å². The van der Waals surface area contributed by atoms with Gasteiger partial charge < -0.3 is 15.5 Å². The number of carbonyl (C=O) groups excluding carboxylic acids is 1. The maximum absolute atomic E-state index is 13.2. The minimum Gasteiger partial charge on any atom is -0.372 e. The molecule has 3 aromatic rings. The number of benzene rings is 2. The molecule has 0 aliphatic carbocycles. The van der Waals surface area contributed by atoms with Crippen LogP contribution in [-0.2, 0) is 0 Å². The monoisotopic (exact) mass is 390 g/mol.